The number of nitrogens with zero attached hydrogens (tertiary/aromatic N) is 2. The Balaban J connectivity index is 2.12. The van der Waals surface area contributed by atoms with Crippen LogP contribution >= 0.6 is 0 Å². The van der Waals surface area contributed by atoms with Gasteiger partial charge in [-0.25, -0.2) is 0 Å². The van der Waals surface area contributed by atoms with Crippen molar-refractivity contribution < 1.29 is 5.11 Å². The van der Waals surface area contributed by atoms with Crippen LogP contribution in [0, 0.1) is 6.92 Å². The maximum Gasteiger partial charge on any atom is 0.0845 e. The SMILES string of the molecule is Cc1cncc(C(O)Cc2cccnc2)c1. The lowest BCUT2D eigenvalue weighted by Crippen LogP contribution is -2.02. The molecular weight excluding hydrogens is 200 g/mol. The summed E-state index contributed by atoms with van der Waals surface area (Å²) >= 11 is 0. The Morgan fingerprint density at radius 3 is 2.81 bits per heavy atom. The summed E-state index contributed by atoms with van der Waals surface area (Å²) in [7, 11) is 0. The van der Waals surface area contributed by atoms with Crippen molar-refractivity contribution in [3.05, 3.63) is 59.7 Å². The van der Waals surface area contributed by atoms with Crippen molar-refractivity contribution in [2.45, 2.75) is 19.4 Å². The maximum absolute atomic E-state index is 10.0. The monoisotopic (exact) mass is 214 g/mol. The van der Waals surface area contributed by atoms with Crippen LogP contribution < -0.4 is 0 Å². The second-order valence-electron chi connectivity index (χ2n) is 3.88. The van der Waals surface area contributed by atoms with Gasteiger partial charge in [0.2, 0.25) is 0 Å². The van der Waals surface area contributed by atoms with Crippen LogP contribution in [0.5, 0.6) is 0 Å². The van der Waals surface area contributed by atoms with Crippen LogP contribution in [0.4, 0.5) is 0 Å². The fraction of sp³-hybridized carbons (Fsp3) is 0.231. The Morgan fingerprint density at radius 2 is 2.12 bits per heavy atom. The minimum atomic E-state index is -0.517. The fourth-order valence-electron chi connectivity index (χ4n) is 1.62. The highest BCUT2D eigenvalue weighted by Gasteiger charge is 2.08. The van der Waals surface area contributed by atoms with Gasteiger partial charge in [-0.2, -0.15) is 0 Å². The van der Waals surface area contributed by atoms with Crippen molar-refractivity contribution in [1.29, 1.82) is 0 Å². The molecule has 3 heteroatoms. The minimum Gasteiger partial charge on any atom is -0.388 e. The summed E-state index contributed by atoms with van der Waals surface area (Å²) in [5, 5.41) is 10.0. The van der Waals surface area contributed by atoms with E-state index in [9.17, 15) is 5.11 Å². The third-order valence-electron chi connectivity index (χ3n) is 2.43. The molecule has 2 rings (SSSR count). The van der Waals surface area contributed by atoms with E-state index >= 15 is 0 Å². The van der Waals surface area contributed by atoms with Gasteiger partial charge in [0.05, 0.1) is 6.10 Å². The lowest BCUT2D eigenvalue weighted by molar-refractivity contribution is 0.178. The average Bonchev–Trinajstić information content (AvgIpc) is 2.30. The van der Waals surface area contributed by atoms with E-state index in [0.717, 1.165) is 16.7 Å². The first-order chi connectivity index (χ1) is 7.75. The molecule has 0 fully saturated rings. The molecule has 1 unspecified atom stereocenters. The first-order valence-electron chi connectivity index (χ1n) is 5.24. The molecule has 2 heterocycles. The van der Waals surface area contributed by atoms with Crippen LogP contribution in [0.3, 0.4) is 0 Å². The molecule has 16 heavy (non-hydrogen) atoms. The number of rotatable bonds is 3. The van der Waals surface area contributed by atoms with Crippen molar-refractivity contribution in [3.63, 3.8) is 0 Å². The zero-order valence-corrected chi connectivity index (χ0v) is 9.17. The van der Waals surface area contributed by atoms with Gasteiger partial charge in [0, 0.05) is 31.2 Å². The van der Waals surface area contributed by atoms with E-state index in [0.29, 0.717) is 6.42 Å². The van der Waals surface area contributed by atoms with Gasteiger partial charge >= 0.3 is 0 Å². The molecule has 2 aromatic heterocycles. The standard InChI is InChI=1S/C13H14N2O/c1-10-5-12(9-15-7-10)13(16)6-11-3-2-4-14-8-11/h2-5,7-9,13,16H,6H2,1H3. The summed E-state index contributed by atoms with van der Waals surface area (Å²) in [6, 6.07) is 5.78. The third-order valence-corrected chi connectivity index (χ3v) is 2.43. The van der Waals surface area contributed by atoms with Crippen molar-refractivity contribution in [3.8, 4) is 0 Å². The summed E-state index contributed by atoms with van der Waals surface area (Å²) in [5.74, 6) is 0. The van der Waals surface area contributed by atoms with Gasteiger partial charge in [0.1, 0.15) is 0 Å². The predicted octanol–water partition coefficient (Wildman–Crippen LogP) is 2.06. The van der Waals surface area contributed by atoms with Crippen LogP contribution in [-0.4, -0.2) is 15.1 Å². The molecule has 0 saturated carbocycles. The highest BCUT2D eigenvalue weighted by molar-refractivity contribution is 5.21. The summed E-state index contributed by atoms with van der Waals surface area (Å²) in [4.78, 5) is 8.09. The molecule has 0 spiro atoms. The minimum absolute atomic E-state index is 0.517. The fourth-order valence-corrected chi connectivity index (χ4v) is 1.62. The van der Waals surface area contributed by atoms with Gasteiger partial charge in [0.25, 0.3) is 0 Å². The van der Waals surface area contributed by atoms with Gasteiger partial charge in [0.15, 0.2) is 0 Å². The molecule has 0 bridgehead atoms. The van der Waals surface area contributed by atoms with Crippen LogP contribution in [0.25, 0.3) is 0 Å². The summed E-state index contributed by atoms with van der Waals surface area (Å²) in [5.41, 5.74) is 2.93. The lowest BCUT2D eigenvalue weighted by Gasteiger charge is -2.10. The molecule has 0 aliphatic heterocycles. The van der Waals surface area contributed by atoms with Crippen molar-refractivity contribution >= 4 is 0 Å². The van der Waals surface area contributed by atoms with E-state index < -0.39 is 6.10 Å². The number of pyridine rings is 2. The Hall–Kier alpha value is -1.74. The van der Waals surface area contributed by atoms with Crippen LogP contribution in [-0.2, 0) is 6.42 Å². The average molecular weight is 214 g/mol. The number of aryl methyl sites for hydroxylation is 1. The summed E-state index contributed by atoms with van der Waals surface area (Å²) in [6.45, 7) is 1.97. The van der Waals surface area contributed by atoms with E-state index in [1.165, 1.54) is 0 Å². The Kier molecular flexibility index (Phi) is 3.27. The predicted molar refractivity (Wildman–Crippen MR) is 61.9 cm³/mol. The van der Waals surface area contributed by atoms with Crippen molar-refractivity contribution in [2.24, 2.45) is 0 Å². The molecule has 0 aliphatic rings. The van der Waals surface area contributed by atoms with Crippen LogP contribution in [0.15, 0.2) is 43.0 Å². The molecule has 82 valence electrons. The summed E-state index contributed by atoms with van der Waals surface area (Å²) < 4.78 is 0. The molecule has 0 amide bonds. The summed E-state index contributed by atoms with van der Waals surface area (Å²) in [6.07, 6.45) is 7.03. The second kappa shape index (κ2) is 4.86. The molecule has 0 radical (unpaired) electrons. The molecule has 2 aromatic rings. The van der Waals surface area contributed by atoms with Gasteiger partial charge in [-0.15, -0.1) is 0 Å². The van der Waals surface area contributed by atoms with Crippen LogP contribution in [0.1, 0.15) is 22.8 Å². The normalized spacial score (nSPS) is 12.4. The topological polar surface area (TPSA) is 46.0 Å². The number of aliphatic hydroxyl groups excluding tert-OH is 1. The Morgan fingerprint density at radius 1 is 1.25 bits per heavy atom. The first-order valence-corrected chi connectivity index (χ1v) is 5.24. The van der Waals surface area contributed by atoms with Gasteiger partial charge < -0.3 is 5.11 Å². The lowest BCUT2D eigenvalue weighted by atomic mass is 10.0. The largest absolute Gasteiger partial charge is 0.388 e. The number of hydrogen-bond donors (Lipinski definition) is 1. The van der Waals surface area contributed by atoms with E-state index in [1.807, 2.05) is 25.1 Å². The van der Waals surface area contributed by atoms with Crippen molar-refractivity contribution in [2.75, 3.05) is 0 Å². The number of aliphatic hydroxyl groups is 1. The molecule has 1 atom stereocenters. The second-order valence-corrected chi connectivity index (χ2v) is 3.88. The maximum atomic E-state index is 10.0. The number of hydrogen-bond acceptors (Lipinski definition) is 3. The molecular formula is C13H14N2O. The number of aromatic nitrogens is 2. The van der Waals surface area contributed by atoms with E-state index in [4.69, 9.17) is 0 Å². The van der Waals surface area contributed by atoms with Crippen LogP contribution in [0.2, 0.25) is 0 Å². The van der Waals surface area contributed by atoms with Gasteiger partial charge in [-0.3, -0.25) is 9.97 Å². The molecule has 1 N–H and O–H groups in total. The molecule has 0 aliphatic carbocycles. The first kappa shape index (κ1) is 10.8. The highest BCUT2D eigenvalue weighted by atomic mass is 16.3. The quantitative estimate of drug-likeness (QED) is 0.850. The zero-order valence-electron chi connectivity index (χ0n) is 9.17. The highest BCUT2D eigenvalue weighted by Crippen LogP contribution is 2.17. The van der Waals surface area contributed by atoms with E-state index in [-0.39, 0.29) is 0 Å². The molecule has 3 nitrogen and oxygen atoms in total. The smallest absolute Gasteiger partial charge is 0.0845 e. The molecule has 0 aromatic carbocycles. The Bertz CT molecular complexity index is 456. The van der Waals surface area contributed by atoms with Crippen molar-refractivity contribution in [1.82, 2.24) is 9.97 Å². The third kappa shape index (κ3) is 2.64. The van der Waals surface area contributed by atoms with Gasteiger partial charge in [-0.05, 0) is 29.7 Å². The van der Waals surface area contributed by atoms with E-state index in [2.05, 4.69) is 9.97 Å². The molecule has 0 saturated heterocycles. The zero-order chi connectivity index (χ0) is 11.4. The van der Waals surface area contributed by atoms with E-state index in [1.54, 1.807) is 24.8 Å². The Labute approximate surface area is 94.8 Å². The van der Waals surface area contributed by atoms with Gasteiger partial charge in [-0.1, -0.05) is 12.1 Å².